The highest BCUT2D eigenvalue weighted by Crippen LogP contribution is 2.17. The van der Waals surface area contributed by atoms with E-state index in [1.165, 1.54) is 0 Å². The van der Waals surface area contributed by atoms with Crippen LogP contribution in [0.1, 0.15) is 0 Å². The van der Waals surface area contributed by atoms with Crippen molar-refractivity contribution in [1.82, 2.24) is 4.90 Å². The van der Waals surface area contributed by atoms with Crippen LogP contribution >= 0.6 is 15.9 Å². The maximum atomic E-state index is 3.81. The average Bonchev–Trinajstić information content (AvgIpc) is 1.80. The van der Waals surface area contributed by atoms with E-state index in [0.29, 0.717) is 0 Å². The van der Waals surface area contributed by atoms with E-state index in [1.807, 2.05) is 30.3 Å². The highest BCUT2D eigenvalue weighted by Gasteiger charge is 1.99. The smallest absolute Gasteiger partial charge is 0.0341 e. The van der Waals surface area contributed by atoms with Crippen molar-refractivity contribution in [3.8, 4) is 0 Å². The highest BCUT2D eigenvalue weighted by molar-refractivity contribution is 9.11. The van der Waals surface area contributed by atoms with E-state index < -0.39 is 0 Å². The van der Waals surface area contributed by atoms with Gasteiger partial charge in [0.15, 0.2) is 0 Å². The van der Waals surface area contributed by atoms with E-state index in [-0.39, 0.29) is 0 Å². The summed E-state index contributed by atoms with van der Waals surface area (Å²) >= 11 is 3.34. The Bertz CT molecular complexity index is 191. The third kappa shape index (κ3) is 1.45. The summed E-state index contributed by atoms with van der Waals surface area (Å²) in [6, 6.07) is 0. The fourth-order valence-corrected chi connectivity index (χ4v) is 0.970. The molecule has 48 valence electrons. The van der Waals surface area contributed by atoms with Gasteiger partial charge in [0, 0.05) is 23.4 Å². The molecule has 2 heteroatoms. The van der Waals surface area contributed by atoms with E-state index in [0.717, 1.165) is 10.2 Å². The molecule has 0 aliphatic carbocycles. The van der Waals surface area contributed by atoms with Gasteiger partial charge in [0.05, 0.1) is 0 Å². The molecule has 0 unspecified atom stereocenters. The summed E-state index contributed by atoms with van der Waals surface area (Å²) < 4.78 is 1.07. The number of allylic oxidation sites excluding steroid dienone is 3. The molecule has 0 saturated carbocycles. The molecule has 0 saturated heterocycles. The van der Waals surface area contributed by atoms with Crippen molar-refractivity contribution >= 4 is 15.9 Å². The first-order valence-corrected chi connectivity index (χ1v) is 3.46. The summed E-state index contributed by atoms with van der Waals surface area (Å²) in [5, 5.41) is 0. The quantitative estimate of drug-likeness (QED) is 0.560. The molecule has 0 aromatic rings. The molecule has 0 N–H and O–H groups in total. The Labute approximate surface area is 63.5 Å². The third-order valence-corrected chi connectivity index (χ3v) is 1.71. The van der Waals surface area contributed by atoms with Crippen LogP contribution in [0.15, 0.2) is 35.1 Å². The normalized spacial score (nSPS) is 18.2. The van der Waals surface area contributed by atoms with Crippen molar-refractivity contribution in [1.29, 1.82) is 0 Å². The minimum absolute atomic E-state index is 1.00. The molecule has 1 rings (SSSR count). The largest absolute Gasteiger partial charge is 0.351 e. The van der Waals surface area contributed by atoms with Crippen LogP contribution in [-0.2, 0) is 0 Å². The Morgan fingerprint density at radius 2 is 2.33 bits per heavy atom. The van der Waals surface area contributed by atoms with Crippen molar-refractivity contribution < 1.29 is 0 Å². The monoisotopic (exact) mass is 185 g/mol. The Hall–Kier alpha value is -0.500. The lowest BCUT2D eigenvalue weighted by atomic mass is 10.3. The van der Waals surface area contributed by atoms with Crippen molar-refractivity contribution in [2.45, 2.75) is 0 Å². The lowest BCUT2D eigenvalue weighted by Crippen LogP contribution is -2.09. The van der Waals surface area contributed by atoms with Crippen molar-refractivity contribution in [3.05, 3.63) is 35.1 Å². The molecular formula is C7H8BrN. The minimum atomic E-state index is 1.00. The molecule has 0 bridgehead atoms. The zero-order valence-electron chi connectivity index (χ0n) is 5.26. The molecule has 0 spiro atoms. The van der Waals surface area contributed by atoms with Crippen LogP contribution in [0, 0.1) is 0 Å². The minimum Gasteiger partial charge on any atom is -0.351 e. The first kappa shape index (κ1) is 6.62. The third-order valence-electron chi connectivity index (χ3n) is 1.21. The molecule has 1 heterocycles. The van der Waals surface area contributed by atoms with Crippen LogP contribution in [-0.4, -0.2) is 11.9 Å². The van der Waals surface area contributed by atoms with Crippen molar-refractivity contribution in [2.75, 3.05) is 7.05 Å². The van der Waals surface area contributed by atoms with E-state index in [1.54, 1.807) is 0 Å². The molecule has 0 radical (unpaired) electrons. The van der Waals surface area contributed by atoms with E-state index in [2.05, 4.69) is 22.5 Å². The molecule has 0 fully saturated rings. The number of hydrogen-bond donors (Lipinski definition) is 0. The standard InChI is InChI=1S/C7H8BrN/c1-6-5-7(8)3-4-9(6)2/h3-5H,1H2,2H3. The molecule has 0 aromatic carbocycles. The molecule has 1 nitrogen and oxygen atoms in total. The molecule has 0 amide bonds. The molecular weight excluding hydrogens is 178 g/mol. The van der Waals surface area contributed by atoms with Crippen LogP contribution in [0.25, 0.3) is 0 Å². The number of halogens is 1. The van der Waals surface area contributed by atoms with Gasteiger partial charge in [-0.3, -0.25) is 0 Å². The van der Waals surface area contributed by atoms with Crippen LogP contribution in [0.2, 0.25) is 0 Å². The molecule has 0 aromatic heterocycles. The Morgan fingerprint density at radius 1 is 1.67 bits per heavy atom. The number of nitrogens with zero attached hydrogens (tertiary/aromatic N) is 1. The summed E-state index contributed by atoms with van der Waals surface area (Å²) in [5.41, 5.74) is 1.00. The van der Waals surface area contributed by atoms with Crippen LogP contribution in [0.4, 0.5) is 0 Å². The lowest BCUT2D eigenvalue weighted by molar-refractivity contribution is 0.586. The predicted molar refractivity (Wildman–Crippen MR) is 43.1 cm³/mol. The van der Waals surface area contributed by atoms with E-state index in [4.69, 9.17) is 0 Å². The van der Waals surface area contributed by atoms with Gasteiger partial charge in [-0.2, -0.15) is 0 Å². The highest BCUT2D eigenvalue weighted by atomic mass is 79.9. The molecule has 1 aliphatic rings. The summed E-state index contributed by atoms with van der Waals surface area (Å²) in [6.45, 7) is 3.81. The Balaban J connectivity index is 2.82. The number of hydrogen-bond acceptors (Lipinski definition) is 1. The van der Waals surface area contributed by atoms with Gasteiger partial charge in [0.2, 0.25) is 0 Å². The maximum absolute atomic E-state index is 3.81. The second-order valence-corrected chi connectivity index (χ2v) is 2.86. The van der Waals surface area contributed by atoms with Gasteiger partial charge in [-0.1, -0.05) is 22.5 Å². The summed E-state index contributed by atoms with van der Waals surface area (Å²) in [6.07, 6.45) is 5.92. The van der Waals surface area contributed by atoms with Gasteiger partial charge in [-0.05, 0) is 12.2 Å². The first-order valence-electron chi connectivity index (χ1n) is 2.67. The van der Waals surface area contributed by atoms with Gasteiger partial charge in [-0.15, -0.1) is 0 Å². The van der Waals surface area contributed by atoms with Crippen LogP contribution in [0.5, 0.6) is 0 Å². The van der Waals surface area contributed by atoms with E-state index >= 15 is 0 Å². The summed E-state index contributed by atoms with van der Waals surface area (Å²) in [5.74, 6) is 0. The van der Waals surface area contributed by atoms with Gasteiger partial charge < -0.3 is 4.90 Å². The van der Waals surface area contributed by atoms with Gasteiger partial charge in [0.25, 0.3) is 0 Å². The Kier molecular flexibility index (Phi) is 1.76. The first-order chi connectivity index (χ1) is 4.20. The van der Waals surface area contributed by atoms with Gasteiger partial charge in [-0.25, -0.2) is 0 Å². The Morgan fingerprint density at radius 3 is 2.78 bits per heavy atom. The van der Waals surface area contributed by atoms with Gasteiger partial charge in [0.1, 0.15) is 0 Å². The zero-order chi connectivity index (χ0) is 6.85. The molecule has 0 atom stereocenters. The predicted octanol–water partition coefficient (Wildman–Crippen LogP) is 2.24. The zero-order valence-corrected chi connectivity index (χ0v) is 6.85. The fourth-order valence-electron chi connectivity index (χ4n) is 0.588. The average molecular weight is 186 g/mol. The van der Waals surface area contributed by atoms with Crippen molar-refractivity contribution in [2.24, 2.45) is 0 Å². The molecule has 1 aliphatic heterocycles. The second-order valence-electron chi connectivity index (χ2n) is 1.95. The number of rotatable bonds is 0. The van der Waals surface area contributed by atoms with E-state index in [9.17, 15) is 0 Å². The number of likely N-dealkylation sites (N-methyl/N-ethyl adjacent to an activating group) is 1. The topological polar surface area (TPSA) is 3.24 Å². The fraction of sp³-hybridized carbons (Fsp3) is 0.143. The lowest BCUT2D eigenvalue weighted by Gasteiger charge is -2.17. The van der Waals surface area contributed by atoms with Crippen LogP contribution in [0.3, 0.4) is 0 Å². The maximum Gasteiger partial charge on any atom is 0.0341 e. The molecule has 9 heavy (non-hydrogen) atoms. The SMILES string of the molecule is C=C1C=C(Br)C=CN1C. The summed E-state index contributed by atoms with van der Waals surface area (Å²) in [7, 11) is 1.97. The van der Waals surface area contributed by atoms with Crippen LogP contribution < -0.4 is 0 Å². The summed E-state index contributed by atoms with van der Waals surface area (Å²) in [4.78, 5) is 1.96. The van der Waals surface area contributed by atoms with Gasteiger partial charge >= 0.3 is 0 Å². The second kappa shape index (κ2) is 2.40. The van der Waals surface area contributed by atoms with Crippen molar-refractivity contribution in [3.63, 3.8) is 0 Å².